The molecule has 0 spiro atoms. The molecular formula is C16H18N6O. The SMILES string of the molecule is Cc1nnc2n1CCN(C(C)c1nc(-c3ccccc3)no1)C2. The molecule has 0 amide bonds. The first kappa shape index (κ1) is 14.1. The van der Waals surface area contributed by atoms with E-state index in [0.717, 1.165) is 36.8 Å². The minimum atomic E-state index is 0.0470. The van der Waals surface area contributed by atoms with E-state index in [4.69, 9.17) is 4.52 Å². The van der Waals surface area contributed by atoms with Crippen molar-refractivity contribution in [2.45, 2.75) is 33.0 Å². The van der Waals surface area contributed by atoms with E-state index in [1.54, 1.807) is 0 Å². The number of hydrogen-bond donors (Lipinski definition) is 0. The molecule has 4 rings (SSSR count). The summed E-state index contributed by atoms with van der Waals surface area (Å²) in [5.74, 6) is 3.22. The van der Waals surface area contributed by atoms with Gasteiger partial charge in [-0.1, -0.05) is 35.5 Å². The molecular weight excluding hydrogens is 292 g/mol. The van der Waals surface area contributed by atoms with Gasteiger partial charge in [0.15, 0.2) is 0 Å². The first-order valence-corrected chi connectivity index (χ1v) is 7.74. The summed E-state index contributed by atoms with van der Waals surface area (Å²) in [6.07, 6.45) is 0. The molecule has 1 aliphatic rings. The second kappa shape index (κ2) is 5.58. The molecule has 0 saturated carbocycles. The molecule has 0 bridgehead atoms. The van der Waals surface area contributed by atoms with Gasteiger partial charge in [-0.2, -0.15) is 4.98 Å². The van der Waals surface area contributed by atoms with E-state index in [1.165, 1.54) is 0 Å². The summed E-state index contributed by atoms with van der Waals surface area (Å²) < 4.78 is 7.64. The second-order valence-electron chi connectivity index (χ2n) is 5.78. The van der Waals surface area contributed by atoms with Gasteiger partial charge in [0.1, 0.15) is 11.6 Å². The van der Waals surface area contributed by atoms with E-state index in [1.807, 2.05) is 37.3 Å². The Bertz CT molecular complexity index is 809. The number of fused-ring (bicyclic) bond motifs is 1. The van der Waals surface area contributed by atoms with Crippen LogP contribution >= 0.6 is 0 Å². The van der Waals surface area contributed by atoms with Crippen molar-refractivity contribution in [2.24, 2.45) is 0 Å². The minimum Gasteiger partial charge on any atom is -0.337 e. The van der Waals surface area contributed by atoms with Crippen molar-refractivity contribution < 1.29 is 4.52 Å². The quantitative estimate of drug-likeness (QED) is 0.738. The lowest BCUT2D eigenvalue weighted by molar-refractivity contribution is 0.135. The first-order valence-electron chi connectivity index (χ1n) is 7.74. The van der Waals surface area contributed by atoms with Crippen molar-refractivity contribution in [1.82, 2.24) is 29.8 Å². The lowest BCUT2D eigenvalue weighted by Crippen LogP contribution is -2.36. The van der Waals surface area contributed by atoms with Crippen molar-refractivity contribution >= 4 is 0 Å². The molecule has 1 unspecified atom stereocenters. The maximum Gasteiger partial charge on any atom is 0.244 e. The van der Waals surface area contributed by atoms with Gasteiger partial charge in [-0.15, -0.1) is 10.2 Å². The summed E-state index contributed by atoms with van der Waals surface area (Å²) >= 11 is 0. The lowest BCUT2D eigenvalue weighted by Gasteiger charge is -2.30. The fourth-order valence-electron chi connectivity index (χ4n) is 2.92. The van der Waals surface area contributed by atoms with Gasteiger partial charge in [-0.25, -0.2) is 0 Å². The molecule has 3 aromatic rings. The maximum absolute atomic E-state index is 5.48. The van der Waals surface area contributed by atoms with Crippen LogP contribution in [-0.4, -0.2) is 36.3 Å². The van der Waals surface area contributed by atoms with Crippen molar-refractivity contribution in [3.05, 3.63) is 47.9 Å². The van der Waals surface area contributed by atoms with Crippen LogP contribution in [0.4, 0.5) is 0 Å². The number of rotatable bonds is 3. The highest BCUT2D eigenvalue weighted by Gasteiger charge is 2.27. The molecule has 0 N–H and O–H groups in total. The third kappa shape index (κ3) is 2.53. The van der Waals surface area contributed by atoms with Crippen LogP contribution in [0.5, 0.6) is 0 Å². The summed E-state index contributed by atoms with van der Waals surface area (Å²) in [7, 11) is 0. The fraction of sp³-hybridized carbons (Fsp3) is 0.375. The van der Waals surface area contributed by atoms with Crippen molar-refractivity contribution in [1.29, 1.82) is 0 Å². The molecule has 3 heterocycles. The largest absolute Gasteiger partial charge is 0.337 e. The molecule has 1 aliphatic heterocycles. The highest BCUT2D eigenvalue weighted by Crippen LogP contribution is 2.25. The van der Waals surface area contributed by atoms with Gasteiger partial charge in [0, 0.05) is 18.7 Å². The van der Waals surface area contributed by atoms with Crippen molar-refractivity contribution in [3.8, 4) is 11.4 Å². The normalized spacial score (nSPS) is 16.3. The highest BCUT2D eigenvalue weighted by atomic mass is 16.5. The van der Waals surface area contributed by atoms with Crippen LogP contribution in [0.15, 0.2) is 34.9 Å². The fourth-order valence-corrected chi connectivity index (χ4v) is 2.92. The standard InChI is InChI=1S/C16H18N6O/c1-11(21-8-9-22-12(2)18-19-14(22)10-21)16-17-15(20-23-16)13-6-4-3-5-7-13/h3-7,11H,8-10H2,1-2H3. The van der Waals surface area contributed by atoms with Crippen LogP contribution in [-0.2, 0) is 13.1 Å². The summed E-state index contributed by atoms with van der Waals surface area (Å²) in [6.45, 7) is 6.61. The molecule has 7 heteroatoms. The Morgan fingerprint density at radius 2 is 1.96 bits per heavy atom. The summed E-state index contributed by atoms with van der Waals surface area (Å²) in [6, 6.07) is 9.91. The third-order valence-electron chi connectivity index (χ3n) is 4.35. The average molecular weight is 310 g/mol. The highest BCUT2D eigenvalue weighted by molar-refractivity contribution is 5.53. The van der Waals surface area contributed by atoms with Crippen LogP contribution in [0.25, 0.3) is 11.4 Å². The summed E-state index contributed by atoms with van der Waals surface area (Å²) in [5, 5.41) is 12.5. The zero-order chi connectivity index (χ0) is 15.8. The maximum atomic E-state index is 5.48. The molecule has 1 atom stereocenters. The van der Waals surface area contributed by atoms with E-state index >= 15 is 0 Å². The van der Waals surface area contributed by atoms with Crippen LogP contribution in [0, 0.1) is 6.92 Å². The number of hydrogen-bond acceptors (Lipinski definition) is 6. The Morgan fingerprint density at radius 1 is 1.13 bits per heavy atom. The molecule has 23 heavy (non-hydrogen) atoms. The van der Waals surface area contributed by atoms with Gasteiger partial charge in [0.2, 0.25) is 11.7 Å². The van der Waals surface area contributed by atoms with Crippen LogP contribution < -0.4 is 0 Å². The van der Waals surface area contributed by atoms with Gasteiger partial charge in [0.25, 0.3) is 0 Å². The summed E-state index contributed by atoms with van der Waals surface area (Å²) in [5.41, 5.74) is 0.962. The predicted octanol–water partition coefficient (Wildman–Crippen LogP) is 2.21. The molecule has 1 aromatic carbocycles. The number of aromatic nitrogens is 5. The second-order valence-corrected chi connectivity index (χ2v) is 5.78. The Hall–Kier alpha value is -2.54. The number of nitrogens with zero attached hydrogens (tertiary/aromatic N) is 6. The predicted molar refractivity (Wildman–Crippen MR) is 83.3 cm³/mol. The van der Waals surface area contributed by atoms with Gasteiger partial charge in [-0.3, -0.25) is 4.90 Å². The van der Waals surface area contributed by atoms with E-state index in [2.05, 4.69) is 36.7 Å². The van der Waals surface area contributed by atoms with Gasteiger partial charge in [-0.05, 0) is 13.8 Å². The van der Waals surface area contributed by atoms with Crippen molar-refractivity contribution in [2.75, 3.05) is 6.54 Å². The smallest absolute Gasteiger partial charge is 0.244 e. The Labute approximate surface area is 134 Å². The van der Waals surface area contributed by atoms with Crippen LogP contribution in [0.3, 0.4) is 0 Å². The van der Waals surface area contributed by atoms with E-state index < -0.39 is 0 Å². The number of aryl methyl sites for hydroxylation is 1. The van der Waals surface area contributed by atoms with Crippen molar-refractivity contribution in [3.63, 3.8) is 0 Å². The minimum absolute atomic E-state index is 0.0470. The van der Waals surface area contributed by atoms with E-state index in [-0.39, 0.29) is 6.04 Å². The zero-order valence-corrected chi connectivity index (χ0v) is 13.2. The topological polar surface area (TPSA) is 72.9 Å². The van der Waals surface area contributed by atoms with Crippen LogP contribution in [0.1, 0.15) is 30.5 Å². The molecule has 118 valence electrons. The van der Waals surface area contributed by atoms with Gasteiger partial charge < -0.3 is 9.09 Å². The number of benzene rings is 1. The lowest BCUT2D eigenvalue weighted by atomic mass is 10.2. The molecule has 0 fully saturated rings. The first-order chi connectivity index (χ1) is 11.2. The Kier molecular flexibility index (Phi) is 3.42. The Morgan fingerprint density at radius 3 is 2.78 bits per heavy atom. The third-order valence-corrected chi connectivity index (χ3v) is 4.35. The molecule has 0 radical (unpaired) electrons. The summed E-state index contributed by atoms with van der Waals surface area (Å²) in [4.78, 5) is 6.84. The van der Waals surface area contributed by atoms with Gasteiger partial charge in [0.05, 0.1) is 12.6 Å². The molecule has 0 saturated heterocycles. The monoisotopic (exact) mass is 310 g/mol. The van der Waals surface area contributed by atoms with Crippen LogP contribution in [0.2, 0.25) is 0 Å². The molecule has 0 aliphatic carbocycles. The van der Waals surface area contributed by atoms with E-state index in [9.17, 15) is 0 Å². The molecule has 7 nitrogen and oxygen atoms in total. The molecule has 2 aromatic heterocycles. The van der Waals surface area contributed by atoms with Gasteiger partial charge >= 0.3 is 0 Å². The zero-order valence-electron chi connectivity index (χ0n) is 13.2. The Balaban J connectivity index is 1.54. The van der Waals surface area contributed by atoms with E-state index in [0.29, 0.717) is 11.7 Å². The average Bonchev–Trinajstić information content (AvgIpc) is 3.22.